The van der Waals surface area contributed by atoms with E-state index in [-0.39, 0.29) is 17.9 Å². The van der Waals surface area contributed by atoms with Crippen molar-refractivity contribution in [2.45, 2.75) is 56.5 Å². The van der Waals surface area contributed by atoms with Gasteiger partial charge in [-0.15, -0.1) is 0 Å². The number of amides is 2. The first-order valence-corrected chi connectivity index (χ1v) is 9.28. The van der Waals surface area contributed by atoms with E-state index < -0.39 is 6.09 Å². The Hall–Kier alpha value is -2.04. The fraction of sp³-hybridized carbons (Fsp3) is 0.600. The van der Waals surface area contributed by atoms with Gasteiger partial charge in [0.2, 0.25) is 5.91 Å². The summed E-state index contributed by atoms with van der Waals surface area (Å²) < 4.78 is 4.59. The van der Waals surface area contributed by atoms with Gasteiger partial charge < -0.3 is 15.0 Å². The minimum Gasteiger partial charge on any atom is -0.453 e. The van der Waals surface area contributed by atoms with Crippen LogP contribution in [0, 0.1) is 5.92 Å². The molecule has 1 aromatic carbocycles. The van der Waals surface area contributed by atoms with Crippen molar-refractivity contribution >= 4 is 12.0 Å². The summed E-state index contributed by atoms with van der Waals surface area (Å²) in [6.45, 7) is 0. The number of hydrogen-bond acceptors (Lipinski definition) is 3. The Morgan fingerprint density at radius 2 is 1.84 bits per heavy atom. The van der Waals surface area contributed by atoms with Crippen LogP contribution in [0.25, 0.3) is 0 Å². The van der Waals surface area contributed by atoms with Crippen molar-refractivity contribution in [2.24, 2.45) is 5.92 Å². The lowest BCUT2D eigenvalue weighted by molar-refractivity contribution is -0.141. The van der Waals surface area contributed by atoms with Crippen LogP contribution in [0.2, 0.25) is 0 Å². The molecule has 3 aliphatic rings. The number of carbonyl (C=O) groups is 2. The van der Waals surface area contributed by atoms with Gasteiger partial charge in [-0.25, -0.2) is 4.79 Å². The molecule has 4 rings (SSSR count). The lowest BCUT2D eigenvalue weighted by Gasteiger charge is -2.45. The molecule has 0 saturated heterocycles. The third-order valence-electron chi connectivity index (χ3n) is 6.37. The van der Waals surface area contributed by atoms with Crippen LogP contribution < -0.4 is 5.32 Å². The highest BCUT2D eigenvalue weighted by molar-refractivity contribution is 5.80. The largest absolute Gasteiger partial charge is 0.453 e. The summed E-state index contributed by atoms with van der Waals surface area (Å²) in [7, 11) is 3.29. The fourth-order valence-corrected chi connectivity index (χ4v) is 4.28. The molecule has 1 N–H and O–H groups in total. The number of hydrogen-bond donors (Lipinski definition) is 1. The van der Waals surface area contributed by atoms with Crippen LogP contribution in [-0.4, -0.2) is 43.1 Å². The predicted octanol–water partition coefficient (Wildman–Crippen LogP) is 2.62. The molecule has 5 heteroatoms. The maximum atomic E-state index is 12.6. The van der Waals surface area contributed by atoms with E-state index in [0.717, 1.165) is 25.7 Å². The standard InChI is InChI=1S/C20H26N2O3/c1-22(19(23)16-8-17(9-16)21-20(24)25-2)18-10-15(11-18)14-6-4-12-3-5-13(12)7-14/h4,6-7,15-18H,3,5,8-11H2,1-2H3,(H,21,24). The normalized spacial score (nSPS) is 29.4. The SMILES string of the molecule is COC(=O)NC1CC(C(=O)N(C)C2CC(c3ccc4c(c3)CC4)C2)C1. The third-order valence-corrected chi connectivity index (χ3v) is 6.37. The highest BCUT2D eigenvalue weighted by atomic mass is 16.5. The fourth-order valence-electron chi connectivity index (χ4n) is 4.28. The van der Waals surface area contributed by atoms with Crippen molar-refractivity contribution in [1.29, 1.82) is 0 Å². The van der Waals surface area contributed by atoms with E-state index >= 15 is 0 Å². The molecule has 0 aliphatic heterocycles. The van der Waals surface area contributed by atoms with Crippen molar-refractivity contribution in [3.05, 3.63) is 34.9 Å². The van der Waals surface area contributed by atoms with Crippen LogP contribution in [0.15, 0.2) is 18.2 Å². The molecule has 0 spiro atoms. The average molecular weight is 342 g/mol. The zero-order chi connectivity index (χ0) is 17.6. The van der Waals surface area contributed by atoms with E-state index in [1.165, 1.54) is 36.6 Å². The number of alkyl carbamates (subject to hydrolysis) is 1. The van der Waals surface area contributed by atoms with Gasteiger partial charge in [-0.2, -0.15) is 0 Å². The van der Waals surface area contributed by atoms with E-state index in [0.29, 0.717) is 12.0 Å². The van der Waals surface area contributed by atoms with Crippen molar-refractivity contribution in [3.8, 4) is 0 Å². The molecule has 25 heavy (non-hydrogen) atoms. The molecule has 1 aromatic rings. The second-order valence-electron chi connectivity index (χ2n) is 7.80. The smallest absolute Gasteiger partial charge is 0.407 e. The number of methoxy groups -OCH3 is 1. The number of rotatable bonds is 4. The Kier molecular flexibility index (Phi) is 4.18. The Bertz CT molecular complexity index is 690. The van der Waals surface area contributed by atoms with E-state index in [9.17, 15) is 9.59 Å². The molecule has 0 atom stereocenters. The molecular formula is C20H26N2O3. The topological polar surface area (TPSA) is 58.6 Å². The number of benzene rings is 1. The molecule has 5 nitrogen and oxygen atoms in total. The number of carbonyl (C=O) groups excluding carboxylic acids is 2. The van der Waals surface area contributed by atoms with Crippen molar-refractivity contribution in [3.63, 3.8) is 0 Å². The maximum absolute atomic E-state index is 12.6. The minimum absolute atomic E-state index is 0.0442. The number of nitrogens with one attached hydrogen (secondary N) is 1. The molecular weight excluding hydrogens is 316 g/mol. The Labute approximate surface area is 148 Å². The Morgan fingerprint density at radius 3 is 2.44 bits per heavy atom. The van der Waals surface area contributed by atoms with Crippen LogP contribution in [0.3, 0.4) is 0 Å². The van der Waals surface area contributed by atoms with Gasteiger partial charge in [-0.3, -0.25) is 4.79 Å². The average Bonchev–Trinajstić information content (AvgIpc) is 2.50. The zero-order valence-electron chi connectivity index (χ0n) is 15.0. The summed E-state index contributed by atoms with van der Waals surface area (Å²) in [5.74, 6) is 0.868. The number of fused-ring (bicyclic) bond motifs is 1. The summed E-state index contributed by atoms with van der Waals surface area (Å²) >= 11 is 0. The van der Waals surface area contributed by atoms with Gasteiger partial charge in [-0.05, 0) is 61.1 Å². The second kappa shape index (κ2) is 6.36. The zero-order valence-corrected chi connectivity index (χ0v) is 15.0. The van der Waals surface area contributed by atoms with Gasteiger partial charge in [0.05, 0.1) is 7.11 Å². The first-order valence-electron chi connectivity index (χ1n) is 9.28. The molecule has 3 aliphatic carbocycles. The van der Waals surface area contributed by atoms with Crippen LogP contribution >= 0.6 is 0 Å². The van der Waals surface area contributed by atoms with Crippen molar-refractivity contribution < 1.29 is 14.3 Å². The summed E-state index contributed by atoms with van der Waals surface area (Å²) in [6.07, 6.45) is 5.62. The molecule has 0 aromatic heterocycles. The van der Waals surface area contributed by atoms with Crippen LogP contribution in [0.1, 0.15) is 48.3 Å². The van der Waals surface area contributed by atoms with E-state index in [1.54, 1.807) is 0 Å². The quantitative estimate of drug-likeness (QED) is 0.915. The molecule has 0 bridgehead atoms. The Morgan fingerprint density at radius 1 is 1.12 bits per heavy atom. The third kappa shape index (κ3) is 3.00. The monoisotopic (exact) mass is 342 g/mol. The highest BCUT2D eigenvalue weighted by Gasteiger charge is 2.41. The molecule has 2 amide bonds. The van der Waals surface area contributed by atoms with Gasteiger partial charge in [0, 0.05) is 25.0 Å². The number of ether oxygens (including phenoxy) is 1. The Balaban J connectivity index is 1.24. The predicted molar refractivity (Wildman–Crippen MR) is 94.4 cm³/mol. The molecule has 2 fully saturated rings. The van der Waals surface area contributed by atoms with Crippen molar-refractivity contribution in [2.75, 3.05) is 14.2 Å². The lowest BCUT2D eigenvalue weighted by atomic mass is 9.72. The van der Waals surface area contributed by atoms with Gasteiger partial charge in [0.25, 0.3) is 0 Å². The van der Waals surface area contributed by atoms with Gasteiger partial charge in [0.15, 0.2) is 0 Å². The van der Waals surface area contributed by atoms with Crippen LogP contribution in [-0.2, 0) is 22.4 Å². The summed E-state index contributed by atoms with van der Waals surface area (Å²) in [6, 6.07) is 7.36. The molecule has 0 unspecified atom stereocenters. The minimum atomic E-state index is -0.412. The summed E-state index contributed by atoms with van der Waals surface area (Å²) in [5.41, 5.74) is 4.47. The van der Waals surface area contributed by atoms with E-state index in [1.807, 2.05) is 11.9 Å². The van der Waals surface area contributed by atoms with Gasteiger partial charge in [0.1, 0.15) is 0 Å². The van der Waals surface area contributed by atoms with Gasteiger partial charge in [-0.1, -0.05) is 18.2 Å². The molecule has 134 valence electrons. The highest BCUT2D eigenvalue weighted by Crippen LogP contribution is 2.42. The number of aryl methyl sites for hydroxylation is 2. The molecule has 0 heterocycles. The van der Waals surface area contributed by atoms with Crippen molar-refractivity contribution in [1.82, 2.24) is 10.2 Å². The van der Waals surface area contributed by atoms with Crippen LogP contribution in [0.5, 0.6) is 0 Å². The molecule has 2 saturated carbocycles. The van der Waals surface area contributed by atoms with Gasteiger partial charge >= 0.3 is 6.09 Å². The maximum Gasteiger partial charge on any atom is 0.407 e. The second-order valence-corrected chi connectivity index (χ2v) is 7.80. The first kappa shape index (κ1) is 16.4. The molecule has 0 radical (unpaired) electrons. The van der Waals surface area contributed by atoms with Crippen LogP contribution in [0.4, 0.5) is 4.79 Å². The lowest BCUT2D eigenvalue weighted by Crippen LogP contribution is -2.53. The van der Waals surface area contributed by atoms with E-state index in [2.05, 4.69) is 28.3 Å². The number of nitrogens with zero attached hydrogens (tertiary/aromatic N) is 1. The summed E-state index contributed by atoms with van der Waals surface area (Å²) in [5, 5.41) is 2.76. The van der Waals surface area contributed by atoms with E-state index in [4.69, 9.17) is 0 Å². The first-order chi connectivity index (χ1) is 12.0. The summed E-state index contributed by atoms with van der Waals surface area (Å²) in [4.78, 5) is 25.7.